The van der Waals surface area contributed by atoms with Crippen LogP contribution in [-0.2, 0) is 11.3 Å². The lowest BCUT2D eigenvalue weighted by molar-refractivity contribution is -0.901. The van der Waals surface area contributed by atoms with Gasteiger partial charge in [0.15, 0.2) is 0 Å². The number of hydrogen-bond donors (Lipinski definition) is 0. The van der Waals surface area contributed by atoms with Crippen molar-refractivity contribution in [1.29, 1.82) is 0 Å². The van der Waals surface area contributed by atoms with Crippen molar-refractivity contribution >= 4 is 15.9 Å². The Balaban J connectivity index is 2.03. The summed E-state index contributed by atoms with van der Waals surface area (Å²) in [4.78, 5) is 0. The monoisotopic (exact) mass is 271 g/mol. The average molecular weight is 272 g/mol. The molecule has 0 spiro atoms. The number of halogens is 1. The lowest BCUT2D eigenvalue weighted by Crippen LogP contribution is -2.49. The fourth-order valence-corrected chi connectivity index (χ4v) is 2.02. The molecule has 2 rings (SSSR count). The Morgan fingerprint density at radius 3 is 2.40 bits per heavy atom. The SMILES string of the molecule is [O-][N+]1(Cc2ccc(Br)cc2)CCOCC1. The minimum atomic E-state index is -0.151. The van der Waals surface area contributed by atoms with Crippen molar-refractivity contribution in [3.05, 3.63) is 39.5 Å². The highest BCUT2D eigenvalue weighted by molar-refractivity contribution is 9.10. The third kappa shape index (κ3) is 3.01. The fourth-order valence-electron chi connectivity index (χ4n) is 1.76. The summed E-state index contributed by atoms with van der Waals surface area (Å²) in [7, 11) is 0. The first-order valence-electron chi connectivity index (χ1n) is 5.07. The van der Waals surface area contributed by atoms with Crippen LogP contribution < -0.4 is 0 Å². The van der Waals surface area contributed by atoms with E-state index in [0.717, 1.165) is 10.0 Å². The minimum absolute atomic E-state index is 0.151. The predicted octanol–water partition coefficient (Wildman–Crippen LogP) is 2.29. The van der Waals surface area contributed by atoms with Gasteiger partial charge in [-0.1, -0.05) is 28.1 Å². The van der Waals surface area contributed by atoms with E-state index in [1.54, 1.807) is 0 Å². The Hall–Kier alpha value is -0.420. The Morgan fingerprint density at radius 1 is 1.20 bits per heavy atom. The first kappa shape index (κ1) is 11.1. The number of hydrogen-bond acceptors (Lipinski definition) is 2. The molecule has 1 fully saturated rings. The van der Waals surface area contributed by atoms with E-state index >= 15 is 0 Å². The van der Waals surface area contributed by atoms with Gasteiger partial charge in [-0.05, 0) is 12.1 Å². The van der Waals surface area contributed by atoms with Crippen molar-refractivity contribution in [3.8, 4) is 0 Å². The molecule has 0 amide bonds. The minimum Gasteiger partial charge on any atom is -0.632 e. The molecular formula is C11H14BrNO2. The zero-order chi connectivity index (χ0) is 10.7. The van der Waals surface area contributed by atoms with Crippen LogP contribution in [-0.4, -0.2) is 30.9 Å². The van der Waals surface area contributed by atoms with Crippen LogP contribution in [0.3, 0.4) is 0 Å². The van der Waals surface area contributed by atoms with Crippen LogP contribution >= 0.6 is 15.9 Å². The third-order valence-corrected chi connectivity index (χ3v) is 3.20. The van der Waals surface area contributed by atoms with Gasteiger partial charge in [0.25, 0.3) is 0 Å². The van der Waals surface area contributed by atoms with E-state index in [0.29, 0.717) is 32.8 Å². The second-order valence-corrected chi connectivity index (χ2v) is 4.82. The molecule has 0 aromatic heterocycles. The summed E-state index contributed by atoms with van der Waals surface area (Å²) in [5.74, 6) is 0. The van der Waals surface area contributed by atoms with E-state index in [-0.39, 0.29) is 4.65 Å². The van der Waals surface area contributed by atoms with Crippen molar-refractivity contribution in [2.24, 2.45) is 0 Å². The Bertz CT molecular complexity index is 320. The molecule has 3 nitrogen and oxygen atoms in total. The molecule has 0 radical (unpaired) electrons. The highest BCUT2D eigenvalue weighted by Gasteiger charge is 2.21. The van der Waals surface area contributed by atoms with E-state index in [1.165, 1.54) is 0 Å². The molecule has 82 valence electrons. The summed E-state index contributed by atoms with van der Waals surface area (Å²) in [6, 6.07) is 7.94. The van der Waals surface area contributed by atoms with Crippen LogP contribution in [0.25, 0.3) is 0 Å². The second-order valence-electron chi connectivity index (χ2n) is 3.90. The van der Waals surface area contributed by atoms with Crippen LogP contribution in [0, 0.1) is 5.21 Å². The second kappa shape index (κ2) is 4.61. The molecule has 0 unspecified atom stereocenters. The van der Waals surface area contributed by atoms with Gasteiger partial charge >= 0.3 is 0 Å². The number of benzene rings is 1. The van der Waals surface area contributed by atoms with Crippen LogP contribution in [0.4, 0.5) is 0 Å². The highest BCUT2D eigenvalue weighted by atomic mass is 79.9. The van der Waals surface area contributed by atoms with Crippen molar-refractivity contribution in [3.63, 3.8) is 0 Å². The van der Waals surface area contributed by atoms with Gasteiger partial charge in [0.1, 0.15) is 19.6 Å². The zero-order valence-electron chi connectivity index (χ0n) is 8.49. The molecule has 0 atom stereocenters. The van der Waals surface area contributed by atoms with Gasteiger partial charge in [-0.2, -0.15) is 0 Å². The molecule has 1 heterocycles. The van der Waals surface area contributed by atoms with Crippen LogP contribution in [0.1, 0.15) is 5.56 Å². The first-order chi connectivity index (χ1) is 7.18. The van der Waals surface area contributed by atoms with E-state index in [9.17, 15) is 5.21 Å². The molecule has 1 aliphatic heterocycles. The number of nitrogens with zero attached hydrogens (tertiary/aromatic N) is 1. The molecular weight excluding hydrogens is 258 g/mol. The molecule has 0 N–H and O–H groups in total. The zero-order valence-corrected chi connectivity index (χ0v) is 10.1. The van der Waals surface area contributed by atoms with E-state index in [4.69, 9.17) is 4.74 Å². The fraction of sp³-hybridized carbons (Fsp3) is 0.455. The van der Waals surface area contributed by atoms with E-state index in [2.05, 4.69) is 15.9 Å². The molecule has 1 aromatic carbocycles. The van der Waals surface area contributed by atoms with Gasteiger partial charge in [-0.15, -0.1) is 0 Å². The van der Waals surface area contributed by atoms with Crippen molar-refractivity contribution in [2.45, 2.75) is 6.54 Å². The van der Waals surface area contributed by atoms with Gasteiger partial charge in [0.05, 0.1) is 13.2 Å². The largest absolute Gasteiger partial charge is 0.632 e. The van der Waals surface area contributed by atoms with Gasteiger partial charge in [0.2, 0.25) is 0 Å². The maximum atomic E-state index is 12.2. The maximum absolute atomic E-state index is 12.2. The van der Waals surface area contributed by atoms with Gasteiger partial charge in [-0.3, -0.25) is 0 Å². The molecule has 1 aromatic rings. The number of morpholine rings is 1. The first-order valence-corrected chi connectivity index (χ1v) is 5.87. The van der Waals surface area contributed by atoms with E-state index < -0.39 is 0 Å². The molecule has 0 saturated carbocycles. The average Bonchev–Trinajstić information content (AvgIpc) is 2.22. The Morgan fingerprint density at radius 2 is 1.80 bits per heavy atom. The summed E-state index contributed by atoms with van der Waals surface area (Å²) in [6.07, 6.45) is 0. The van der Waals surface area contributed by atoms with Crippen molar-refractivity contribution in [2.75, 3.05) is 26.3 Å². The maximum Gasteiger partial charge on any atom is 0.104 e. The standard InChI is InChI=1S/C11H14BrNO2/c12-11-3-1-10(2-4-11)9-13(14)5-7-15-8-6-13/h1-4H,5-9H2. The summed E-state index contributed by atoms with van der Waals surface area (Å²) in [5, 5.41) is 12.2. The lowest BCUT2D eigenvalue weighted by atomic mass is 10.2. The number of rotatable bonds is 2. The number of ether oxygens (including phenoxy) is 1. The lowest BCUT2D eigenvalue weighted by Gasteiger charge is -2.45. The number of hydroxylamine groups is 3. The number of quaternary nitrogens is 1. The van der Waals surface area contributed by atoms with Gasteiger partial charge < -0.3 is 14.6 Å². The van der Waals surface area contributed by atoms with Crippen LogP contribution in [0.5, 0.6) is 0 Å². The van der Waals surface area contributed by atoms with Crippen LogP contribution in [0.15, 0.2) is 28.7 Å². The van der Waals surface area contributed by atoms with Crippen molar-refractivity contribution in [1.82, 2.24) is 0 Å². The Labute approximate surface area is 97.9 Å². The Kier molecular flexibility index (Phi) is 3.41. The highest BCUT2D eigenvalue weighted by Crippen LogP contribution is 2.17. The molecule has 1 aliphatic rings. The quantitative estimate of drug-likeness (QED) is 0.611. The van der Waals surface area contributed by atoms with Crippen molar-refractivity contribution < 1.29 is 9.38 Å². The van der Waals surface area contributed by atoms with Gasteiger partial charge in [-0.25, -0.2) is 0 Å². The summed E-state index contributed by atoms with van der Waals surface area (Å²) in [6.45, 7) is 2.85. The molecule has 15 heavy (non-hydrogen) atoms. The molecule has 0 bridgehead atoms. The molecule has 1 saturated heterocycles. The molecule has 4 heteroatoms. The normalized spacial score (nSPS) is 20.1. The molecule has 0 aliphatic carbocycles. The predicted molar refractivity (Wildman–Crippen MR) is 62.0 cm³/mol. The summed E-state index contributed by atoms with van der Waals surface area (Å²) < 4.78 is 6.09. The van der Waals surface area contributed by atoms with E-state index in [1.807, 2.05) is 24.3 Å². The topological polar surface area (TPSA) is 32.3 Å². The van der Waals surface area contributed by atoms with Crippen LogP contribution in [0.2, 0.25) is 0 Å². The summed E-state index contributed by atoms with van der Waals surface area (Å²) in [5.41, 5.74) is 1.09. The smallest absolute Gasteiger partial charge is 0.104 e. The van der Waals surface area contributed by atoms with Gasteiger partial charge in [0, 0.05) is 10.0 Å². The summed E-state index contributed by atoms with van der Waals surface area (Å²) >= 11 is 3.38. The third-order valence-electron chi connectivity index (χ3n) is 2.67.